The number of halogens is 1. The zero-order chi connectivity index (χ0) is 13.1. The number of ether oxygens (including phenoxy) is 2. The highest BCUT2D eigenvalue weighted by molar-refractivity contribution is 6.32. The molecule has 0 aliphatic carbocycles. The van der Waals surface area contributed by atoms with Gasteiger partial charge in [0.25, 0.3) is 0 Å². The van der Waals surface area contributed by atoms with Crippen LogP contribution in [0.2, 0.25) is 5.02 Å². The molecule has 0 fully saturated rings. The molecule has 1 atom stereocenters. The van der Waals surface area contributed by atoms with Gasteiger partial charge in [0.2, 0.25) is 5.91 Å². The fourth-order valence-electron chi connectivity index (χ4n) is 1.80. The number of carbonyl (C=O) groups is 1. The molecule has 5 nitrogen and oxygen atoms in total. The predicted molar refractivity (Wildman–Crippen MR) is 67.8 cm³/mol. The molecule has 98 valence electrons. The fourth-order valence-corrected chi connectivity index (χ4v) is 2.07. The molecular formula is C12H15ClN2O3. The number of nitrogens with two attached hydrogens (primary N) is 2. The highest BCUT2D eigenvalue weighted by atomic mass is 35.5. The van der Waals surface area contributed by atoms with E-state index < -0.39 is 11.9 Å². The molecule has 1 unspecified atom stereocenters. The largest absolute Gasteiger partial charge is 0.489 e. The van der Waals surface area contributed by atoms with Crippen LogP contribution in [0, 0.1) is 0 Å². The summed E-state index contributed by atoms with van der Waals surface area (Å²) in [6.07, 6.45) is 0.865. The van der Waals surface area contributed by atoms with Crippen molar-refractivity contribution >= 4 is 17.5 Å². The van der Waals surface area contributed by atoms with Crippen molar-refractivity contribution in [1.82, 2.24) is 0 Å². The second-order valence-corrected chi connectivity index (χ2v) is 4.56. The van der Waals surface area contributed by atoms with E-state index in [9.17, 15) is 4.79 Å². The van der Waals surface area contributed by atoms with E-state index in [-0.39, 0.29) is 6.42 Å². The molecule has 2 rings (SSSR count). The second kappa shape index (κ2) is 5.46. The number of hydrogen-bond acceptors (Lipinski definition) is 4. The Bertz CT molecular complexity index is 465. The highest BCUT2D eigenvalue weighted by Gasteiger charge is 2.18. The summed E-state index contributed by atoms with van der Waals surface area (Å²) in [6.45, 7) is 1.14. The lowest BCUT2D eigenvalue weighted by molar-refractivity contribution is -0.118. The predicted octanol–water partition coefficient (Wildman–Crippen LogP) is 1.38. The Morgan fingerprint density at radius 2 is 2.11 bits per heavy atom. The summed E-state index contributed by atoms with van der Waals surface area (Å²) in [5.74, 6) is 0.643. The lowest BCUT2D eigenvalue weighted by Gasteiger charge is -2.15. The first-order valence-electron chi connectivity index (χ1n) is 5.71. The Balaban J connectivity index is 2.31. The quantitative estimate of drug-likeness (QED) is 0.868. The first-order chi connectivity index (χ1) is 8.58. The molecule has 0 radical (unpaired) electrons. The number of carbonyl (C=O) groups excluding carboxylic acids is 1. The lowest BCUT2D eigenvalue weighted by atomic mass is 10.0. The molecule has 0 spiro atoms. The number of amides is 1. The highest BCUT2D eigenvalue weighted by Crippen LogP contribution is 2.39. The molecule has 1 aliphatic rings. The minimum Gasteiger partial charge on any atom is -0.489 e. The van der Waals surface area contributed by atoms with Crippen molar-refractivity contribution in [2.75, 3.05) is 13.2 Å². The second-order valence-electron chi connectivity index (χ2n) is 4.16. The van der Waals surface area contributed by atoms with E-state index in [4.69, 9.17) is 32.5 Å². The minimum atomic E-state index is -0.489. The molecule has 18 heavy (non-hydrogen) atoms. The molecule has 1 aromatic carbocycles. The van der Waals surface area contributed by atoms with Crippen LogP contribution in [0.15, 0.2) is 12.1 Å². The third-order valence-corrected chi connectivity index (χ3v) is 2.95. The van der Waals surface area contributed by atoms with Crippen LogP contribution >= 0.6 is 11.6 Å². The van der Waals surface area contributed by atoms with Gasteiger partial charge in [-0.2, -0.15) is 0 Å². The van der Waals surface area contributed by atoms with Crippen LogP contribution in [0.5, 0.6) is 11.5 Å². The third-order valence-electron chi connectivity index (χ3n) is 2.67. The van der Waals surface area contributed by atoms with Gasteiger partial charge < -0.3 is 20.9 Å². The van der Waals surface area contributed by atoms with Crippen molar-refractivity contribution in [3.8, 4) is 11.5 Å². The van der Waals surface area contributed by atoms with E-state index in [1.54, 1.807) is 12.1 Å². The summed E-state index contributed by atoms with van der Waals surface area (Å²) in [6, 6.07) is 2.94. The van der Waals surface area contributed by atoms with Gasteiger partial charge >= 0.3 is 0 Å². The Kier molecular flexibility index (Phi) is 3.93. The Morgan fingerprint density at radius 1 is 1.39 bits per heavy atom. The summed E-state index contributed by atoms with van der Waals surface area (Å²) >= 11 is 6.12. The molecule has 0 saturated carbocycles. The zero-order valence-electron chi connectivity index (χ0n) is 9.82. The third kappa shape index (κ3) is 2.86. The Morgan fingerprint density at radius 3 is 2.83 bits per heavy atom. The first-order valence-corrected chi connectivity index (χ1v) is 6.08. The maximum absolute atomic E-state index is 10.9. The maximum atomic E-state index is 10.9. The fraction of sp³-hybridized carbons (Fsp3) is 0.417. The monoisotopic (exact) mass is 270 g/mol. The molecule has 1 heterocycles. The molecule has 0 saturated heterocycles. The molecule has 0 aromatic heterocycles. The molecule has 6 heteroatoms. The van der Waals surface area contributed by atoms with Crippen molar-refractivity contribution in [2.24, 2.45) is 11.5 Å². The van der Waals surface area contributed by atoms with Crippen molar-refractivity contribution in [3.05, 3.63) is 22.7 Å². The minimum absolute atomic E-state index is 0.0654. The number of primary amides is 1. The van der Waals surface area contributed by atoms with Gasteiger partial charge in [-0.1, -0.05) is 11.6 Å². The first kappa shape index (κ1) is 13.0. The van der Waals surface area contributed by atoms with Crippen molar-refractivity contribution < 1.29 is 14.3 Å². The number of hydrogen-bond donors (Lipinski definition) is 2. The summed E-state index contributed by atoms with van der Waals surface area (Å²) in [7, 11) is 0. The molecule has 1 aliphatic heterocycles. The van der Waals surface area contributed by atoms with Crippen molar-refractivity contribution in [1.29, 1.82) is 0 Å². The molecule has 0 bridgehead atoms. The van der Waals surface area contributed by atoms with Gasteiger partial charge in [-0.25, -0.2) is 0 Å². The van der Waals surface area contributed by atoms with Gasteiger partial charge in [0, 0.05) is 18.9 Å². The van der Waals surface area contributed by atoms with Gasteiger partial charge in [-0.15, -0.1) is 0 Å². The van der Waals surface area contributed by atoms with Gasteiger partial charge in [0.15, 0.2) is 11.5 Å². The van der Waals surface area contributed by atoms with E-state index in [1.165, 1.54) is 0 Å². The van der Waals surface area contributed by atoms with Crippen LogP contribution in [0.4, 0.5) is 0 Å². The van der Waals surface area contributed by atoms with E-state index in [1.807, 2.05) is 0 Å². The van der Waals surface area contributed by atoms with Crippen LogP contribution < -0.4 is 20.9 Å². The van der Waals surface area contributed by atoms with Gasteiger partial charge in [-0.05, 0) is 17.7 Å². The van der Waals surface area contributed by atoms with E-state index in [2.05, 4.69) is 0 Å². The smallest absolute Gasteiger partial charge is 0.219 e. The van der Waals surface area contributed by atoms with Crippen molar-refractivity contribution in [3.63, 3.8) is 0 Å². The van der Waals surface area contributed by atoms with Crippen LogP contribution in [-0.4, -0.2) is 19.1 Å². The molecule has 1 aromatic rings. The summed E-state index contributed by atoms with van der Waals surface area (Å²) in [5, 5.41) is 0.435. The van der Waals surface area contributed by atoms with Gasteiger partial charge in [0.1, 0.15) is 0 Å². The lowest BCUT2D eigenvalue weighted by Crippen LogP contribution is -2.20. The zero-order valence-corrected chi connectivity index (χ0v) is 10.6. The Labute approximate surface area is 110 Å². The van der Waals surface area contributed by atoms with Crippen LogP contribution in [0.3, 0.4) is 0 Å². The Hall–Kier alpha value is -1.46. The van der Waals surface area contributed by atoms with Gasteiger partial charge in [0.05, 0.1) is 18.2 Å². The average Bonchev–Trinajstić information content (AvgIpc) is 2.53. The summed E-state index contributed by atoms with van der Waals surface area (Å²) < 4.78 is 11.0. The SMILES string of the molecule is NC(=O)CC(N)c1cc(Cl)c2c(c1)OCCCO2. The maximum Gasteiger partial charge on any atom is 0.219 e. The van der Waals surface area contributed by atoms with Gasteiger partial charge in [-0.3, -0.25) is 4.79 Å². The number of rotatable bonds is 3. The van der Waals surface area contributed by atoms with E-state index >= 15 is 0 Å². The molecular weight excluding hydrogens is 256 g/mol. The van der Waals surface area contributed by atoms with E-state index in [0.717, 1.165) is 6.42 Å². The summed E-state index contributed by atoms with van der Waals surface area (Å²) in [4.78, 5) is 10.9. The van der Waals surface area contributed by atoms with E-state index in [0.29, 0.717) is 35.3 Å². The normalized spacial score (nSPS) is 15.9. The van der Waals surface area contributed by atoms with Crippen LogP contribution in [-0.2, 0) is 4.79 Å². The molecule has 1 amide bonds. The van der Waals surface area contributed by atoms with Crippen molar-refractivity contribution in [2.45, 2.75) is 18.9 Å². The topological polar surface area (TPSA) is 87.6 Å². The standard InChI is InChI=1S/C12H15ClN2O3/c13-8-4-7(9(14)6-11(15)16)5-10-12(8)18-3-1-2-17-10/h4-5,9H,1-3,6,14H2,(H2,15,16). The van der Waals surface area contributed by atoms with Crippen LogP contribution in [0.1, 0.15) is 24.4 Å². The summed E-state index contributed by atoms with van der Waals surface area (Å²) in [5.41, 5.74) is 11.7. The number of fused-ring (bicyclic) bond motifs is 1. The average molecular weight is 271 g/mol. The number of benzene rings is 1. The molecule has 4 N–H and O–H groups in total. The van der Waals surface area contributed by atoms with Crippen LogP contribution in [0.25, 0.3) is 0 Å².